The molecule has 2 unspecified atom stereocenters. The molecular weight excluding hydrogens is 326 g/mol. The van der Waals surface area contributed by atoms with Gasteiger partial charge in [0.1, 0.15) is 17.3 Å². The molecule has 0 aliphatic heterocycles. The van der Waals surface area contributed by atoms with Gasteiger partial charge in [-0.2, -0.15) is 0 Å². The van der Waals surface area contributed by atoms with Crippen LogP contribution in [0.5, 0.6) is 0 Å². The smallest absolute Gasteiger partial charge is 0.254 e. The molecule has 4 rings (SSSR count). The van der Waals surface area contributed by atoms with E-state index < -0.39 is 0 Å². The van der Waals surface area contributed by atoms with Crippen LogP contribution in [0.15, 0.2) is 63.6 Å². The second-order valence-electron chi connectivity index (χ2n) is 7.18. The number of amides is 1. The van der Waals surface area contributed by atoms with Gasteiger partial charge in [-0.15, -0.1) is 0 Å². The van der Waals surface area contributed by atoms with Crippen molar-refractivity contribution >= 4 is 5.91 Å². The number of aryl methyl sites for hydroxylation is 1. The molecule has 1 amide bonds. The van der Waals surface area contributed by atoms with Crippen molar-refractivity contribution in [1.29, 1.82) is 0 Å². The molecule has 26 heavy (non-hydrogen) atoms. The molecule has 1 aliphatic rings. The van der Waals surface area contributed by atoms with Crippen molar-refractivity contribution in [3.8, 4) is 0 Å². The summed E-state index contributed by atoms with van der Waals surface area (Å²) in [6.45, 7) is 5.03. The second-order valence-corrected chi connectivity index (χ2v) is 7.18. The maximum Gasteiger partial charge on any atom is 0.254 e. The largest absolute Gasteiger partial charge is 0.467 e. The highest BCUT2D eigenvalue weighted by atomic mass is 16.3. The fourth-order valence-electron chi connectivity index (χ4n) is 3.36. The predicted molar refractivity (Wildman–Crippen MR) is 98.7 cm³/mol. The van der Waals surface area contributed by atoms with Gasteiger partial charge < -0.3 is 13.7 Å². The van der Waals surface area contributed by atoms with E-state index in [9.17, 15) is 4.79 Å². The van der Waals surface area contributed by atoms with Gasteiger partial charge >= 0.3 is 0 Å². The van der Waals surface area contributed by atoms with Crippen LogP contribution in [0.4, 0.5) is 0 Å². The van der Waals surface area contributed by atoms with E-state index in [1.807, 2.05) is 55.5 Å². The molecule has 0 bridgehead atoms. The average Bonchev–Trinajstić information content (AvgIpc) is 3.05. The summed E-state index contributed by atoms with van der Waals surface area (Å²) in [5.41, 5.74) is 1.68. The molecule has 4 nitrogen and oxygen atoms in total. The Hall–Kier alpha value is -2.75. The highest BCUT2D eigenvalue weighted by molar-refractivity contribution is 5.95. The van der Waals surface area contributed by atoms with Gasteiger partial charge in [0.2, 0.25) is 0 Å². The fraction of sp³-hybridized carbons (Fsp3) is 0.318. The molecule has 0 N–H and O–H groups in total. The number of hydrogen-bond acceptors (Lipinski definition) is 3. The van der Waals surface area contributed by atoms with E-state index in [1.165, 1.54) is 6.42 Å². The Labute approximate surface area is 153 Å². The standard InChI is InChI=1S/C22H23NO3/c1-15-6-3-4-8-19(15)22(24)23(13-17-7-5-11-25-17)14-18-9-10-21(26-18)20-12-16(20)2/h3-11,16,20H,12-14H2,1-2H3. The molecule has 4 heteroatoms. The molecule has 1 fully saturated rings. The summed E-state index contributed by atoms with van der Waals surface area (Å²) >= 11 is 0. The van der Waals surface area contributed by atoms with Crippen molar-refractivity contribution in [1.82, 2.24) is 4.90 Å². The minimum atomic E-state index is -0.0164. The quantitative estimate of drug-likeness (QED) is 0.618. The summed E-state index contributed by atoms with van der Waals surface area (Å²) in [5.74, 6) is 3.82. The minimum Gasteiger partial charge on any atom is -0.467 e. The predicted octanol–water partition coefficient (Wildman–Crippen LogP) is 5.15. The molecule has 1 saturated carbocycles. The molecule has 1 aromatic carbocycles. The Morgan fingerprint density at radius 3 is 2.54 bits per heavy atom. The highest BCUT2D eigenvalue weighted by Gasteiger charge is 2.36. The Bertz CT molecular complexity index is 894. The zero-order chi connectivity index (χ0) is 18.1. The molecular formula is C22H23NO3. The van der Waals surface area contributed by atoms with E-state index in [1.54, 1.807) is 11.2 Å². The van der Waals surface area contributed by atoms with Crippen molar-refractivity contribution < 1.29 is 13.6 Å². The van der Waals surface area contributed by atoms with Crippen molar-refractivity contribution in [3.05, 3.63) is 83.2 Å². The first-order chi connectivity index (χ1) is 12.6. The van der Waals surface area contributed by atoms with Crippen LogP contribution in [0.25, 0.3) is 0 Å². The Balaban J connectivity index is 1.57. The topological polar surface area (TPSA) is 46.6 Å². The van der Waals surface area contributed by atoms with Gasteiger partial charge in [0.25, 0.3) is 5.91 Å². The minimum absolute atomic E-state index is 0.0164. The molecule has 2 atom stereocenters. The van der Waals surface area contributed by atoms with Crippen LogP contribution in [0, 0.1) is 12.8 Å². The number of benzene rings is 1. The first-order valence-corrected chi connectivity index (χ1v) is 9.07. The zero-order valence-electron chi connectivity index (χ0n) is 15.1. The van der Waals surface area contributed by atoms with Crippen LogP contribution in [0.2, 0.25) is 0 Å². The summed E-state index contributed by atoms with van der Waals surface area (Å²) in [4.78, 5) is 14.9. The molecule has 2 aromatic heterocycles. The van der Waals surface area contributed by atoms with E-state index in [0.29, 0.717) is 30.5 Å². The molecule has 0 saturated heterocycles. The van der Waals surface area contributed by atoms with Gasteiger partial charge in [0, 0.05) is 11.5 Å². The van der Waals surface area contributed by atoms with Crippen LogP contribution in [-0.2, 0) is 13.1 Å². The molecule has 134 valence electrons. The summed E-state index contributed by atoms with van der Waals surface area (Å²) in [6.07, 6.45) is 2.82. The Kier molecular flexibility index (Phi) is 4.41. The summed E-state index contributed by atoms with van der Waals surface area (Å²) < 4.78 is 11.5. The van der Waals surface area contributed by atoms with Crippen LogP contribution in [0.3, 0.4) is 0 Å². The van der Waals surface area contributed by atoms with Gasteiger partial charge in [-0.05, 0) is 55.2 Å². The molecule has 0 spiro atoms. The molecule has 3 aromatic rings. The number of rotatable bonds is 6. The van der Waals surface area contributed by atoms with Gasteiger partial charge in [0.05, 0.1) is 19.4 Å². The molecule has 1 aliphatic carbocycles. The summed E-state index contributed by atoms with van der Waals surface area (Å²) in [6, 6.07) is 15.4. The first kappa shape index (κ1) is 16.7. The lowest BCUT2D eigenvalue weighted by atomic mass is 10.1. The van der Waals surface area contributed by atoms with Gasteiger partial charge in [-0.25, -0.2) is 0 Å². The summed E-state index contributed by atoms with van der Waals surface area (Å²) in [7, 11) is 0. The van der Waals surface area contributed by atoms with Crippen LogP contribution >= 0.6 is 0 Å². The zero-order valence-corrected chi connectivity index (χ0v) is 15.1. The summed E-state index contributed by atoms with van der Waals surface area (Å²) in [5, 5.41) is 0. The lowest BCUT2D eigenvalue weighted by molar-refractivity contribution is 0.0703. The fourth-order valence-corrected chi connectivity index (χ4v) is 3.36. The van der Waals surface area contributed by atoms with Crippen LogP contribution in [-0.4, -0.2) is 10.8 Å². The van der Waals surface area contributed by atoms with Gasteiger partial charge in [-0.1, -0.05) is 25.1 Å². The first-order valence-electron chi connectivity index (χ1n) is 9.07. The van der Waals surface area contributed by atoms with Gasteiger partial charge in [0.15, 0.2) is 0 Å². The van der Waals surface area contributed by atoms with Crippen LogP contribution in [0.1, 0.15) is 52.5 Å². The third-order valence-electron chi connectivity index (χ3n) is 5.09. The van der Waals surface area contributed by atoms with Crippen LogP contribution < -0.4 is 0 Å². The van der Waals surface area contributed by atoms with Crippen molar-refractivity contribution in [3.63, 3.8) is 0 Å². The second kappa shape index (κ2) is 6.87. The maximum atomic E-state index is 13.1. The Morgan fingerprint density at radius 1 is 1.08 bits per heavy atom. The number of hydrogen-bond donors (Lipinski definition) is 0. The SMILES string of the molecule is Cc1ccccc1C(=O)N(Cc1ccco1)Cc1ccc(C2CC2C)o1. The lowest BCUT2D eigenvalue weighted by Crippen LogP contribution is -2.30. The van der Waals surface area contributed by atoms with E-state index in [-0.39, 0.29) is 5.91 Å². The molecule has 0 radical (unpaired) electrons. The van der Waals surface area contributed by atoms with Gasteiger partial charge in [-0.3, -0.25) is 4.79 Å². The Morgan fingerprint density at radius 2 is 1.85 bits per heavy atom. The third-order valence-corrected chi connectivity index (χ3v) is 5.09. The monoisotopic (exact) mass is 349 g/mol. The number of furan rings is 2. The lowest BCUT2D eigenvalue weighted by Gasteiger charge is -2.21. The number of carbonyl (C=O) groups excluding carboxylic acids is 1. The van der Waals surface area contributed by atoms with E-state index in [4.69, 9.17) is 8.83 Å². The normalized spacial score (nSPS) is 18.7. The number of nitrogens with zero attached hydrogens (tertiary/aromatic N) is 1. The number of carbonyl (C=O) groups is 1. The third kappa shape index (κ3) is 3.45. The van der Waals surface area contributed by atoms with E-state index in [2.05, 4.69) is 6.92 Å². The maximum absolute atomic E-state index is 13.1. The van der Waals surface area contributed by atoms with Crippen molar-refractivity contribution in [2.75, 3.05) is 0 Å². The van der Waals surface area contributed by atoms with E-state index in [0.717, 1.165) is 22.8 Å². The molecule has 2 heterocycles. The highest BCUT2D eigenvalue weighted by Crippen LogP contribution is 2.47. The van der Waals surface area contributed by atoms with Crippen molar-refractivity contribution in [2.45, 2.75) is 39.3 Å². The average molecular weight is 349 g/mol. The van der Waals surface area contributed by atoms with E-state index >= 15 is 0 Å². The van der Waals surface area contributed by atoms with Crippen molar-refractivity contribution in [2.24, 2.45) is 5.92 Å².